The highest BCUT2D eigenvalue weighted by atomic mass is 35.5. The van der Waals surface area contributed by atoms with Crippen LogP contribution in [0.25, 0.3) is 0 Å². The first-order valence-corrected chi connectivity index (χ1v) is 20.9. The van der Waals surface area contributed by atoms with Gasteiger partial charge in [-0.05, 0) is 95.1 Å². The average molecular weight is 807 g/mol. The van der Waals surface area contributed by atoms with Crippen molar-refractivity contribution < 1.29 is 21.2 Å². The highest BCUT2D eigenvalue weighted by molar-refractivity contribution is 7.89. The quantitative estimate of drug-likeness (QED) is 0.158. The van der Waals surface area contributed by atoms with E-state index in [0.29, 0.717) is 17.1 Å². The molecule has 6 aromatic rings. The Balaban J connectivity index is 0.000000172. The van der Waals surface area contributed by atoms with Crippen LogP contribution in [0.15, 0.2) is 178 Å². The van der Waals surface area contributed by atoms with Crippen LogP contribution in [0.1, 0.15) is 47.2 Å². The smallest absolute Gasteiger partial charge is 0.238 e. The van der Waals surface area contributed by atoms with Crippen molar-refractivity contribution in [1.29, 1.82) is 0 Å². The number of anilines is 2. The number of sulfonamides is 2. The molecule has 2 aliphatic heterocycles. The molecule has 56 heavy (non-hydrogen) atoms. The summed E-state index contributed by atoms with van der Waals surface area (Å²) in [6.45, 7) is 0. The Bertz CT molecular complexity index is 2610. The Morgan fingerprint density at radius 1 is 0.536 bits per heavy atom. The van der Waals surface area contributed by atoms with Crippen molar-refractivity contribution in [2.24, 2.45) is 20.5 Å². The molecular weight excluding hydrogens is 771 g/mol. The van der Waals surface area contributed by atoms with Gasteiger partial charge in [0, 0.05) is 17.9 Å². The molecule has 10 nitrogen and oxygen atoms in total. The van der Waals surface area contributed by atoms with Crippen LogP contribution >= 0.6 is 11.6 Å². The second-order valence-electron chi connectivity index (χ2n) is 13.1. The van der Waals surface area contributed by atoms with Crippen molar-refractivity contribution >= 4 is 54.4 Å². The first-order chi connectivity index (χ1) is 26.8. The molecule has 0 spiro atoms. The van der Waals surface area contributed by atoms with Crippen molar-refractivity contribution in [3.05, 3.63) is 191 Å². The lowest BCUT2D eigenvalue weighted by Crippen LogP contribution is -2.19. The summed E-state index contributed by atoms with van der Waals surface area (Å²) in [5.74, 6) is -0.310. The van der Waals surface area contributed by atoms with Gasteiger partial charge in [0.2, 0.25) is 20.0 Å². The molecule has 6 aromatic carbocycles. The maximum absolute atomic E-state index is 13.8. The van der Waals surface area contributed by atoms with Crippen molar-refractivity contribution in [3.8, 4) is 0 Å². The van der Waals surface area contributed by atoms with E-state index in [1.54, 1.807) is 35.3 Å². The Kier molecular flexibility index (Phi) is 11.1. The summed E-state index contributed by atoms with van der Waals surface area (Å²) >= 11 is 6.05. The summed E-state index contributed by atoms with van der Waals surface area (Å²) in [6.07, 6.45) is 1.33. The number of hydrogen-bond donors (Lipinski definition) is 2. The lowest BCUT2D eigenvalue weighted by Gasteiger charge is -2.24. The van der Waals surface area contributed by atoms with E-state index in [-0.39, 0.29) is 27.7 Å². The molecule has 2 heterocycles. The van der Waals surface area contributed by atoms with Crippen LogP contribution in [0.5, 0.6) is 0 Å². The van der Waals surface area contributed by atoms with E-state index in [2.05, 4.69) is 0 Å². The number of hydrogen-bond acceptors (Lipinski definition) is 8. The van der Waals surface area contributed by atoms with Crippen molar-refractivity contribution in [2.45, 2.75) is 34.7 Å². The summed E-state index contributed by atoms with van der Waals surface area (Å²) in [4.78, 5) is 0.107. The minimum Gasteiger partial charge on any atom is -0.257 e. The van der Waals surface area contributed by atoms with E-state index in [0.717, 1.165) is 45.8 Å². The van der Waals surface area contributed by atoms with E-state index in [4.69, 9.17) is 32.1 Å². The normalized spacial score (nSPS) is 16.9. The maximum atomic E-state index is 13.8. The third kappa shape index (κ3) is 8.88. The minimum absolute atomic E-state index is 0.0205. The molecule has 8 rings (SSSR count). The van der Waals surface area contributed by atoms with Gasteiger partial charge in [-0.25, -0.2) is 31.5 Å². The van der Waals surface area contributed by atoms with Gasteiger partial charge in [-0.1, -0.05) is 96.5 Å². The second-order valence-corrected chi connectivity index (χ2v) is 16.7. The monoisotopic (exact) mass is 806 g/mol. The molecule has 0 aliphatic carbocycles. The van der Waals surface area contributed by atoms with Crippen molar-refractivity contribution in [2.75, 3.05) is 10.0 Å². The summed E-state index contributed by atoms with van der Waals surface area (Å²) in [5, 5.41) is 24.4. The molecule has 0 saturated carbocycles. The van der Waals surface area contributed by atoms with Crippen LogP contribution in [-0.4, -0.2) is 28.3 Å². The molecule has 284 valence electrons. The van der Waals surface area contributed by atoms with Crippen LogP contribution in [0.4, 0.5) is 15.8 Å². The van der Waals surface area contributed by atoms with Gasteiger partial charge in [0.15, 0.2) is 0 Å². The molecule has 2 unspecified atom stereocenters. The maximum Gasteiger partial charge on any atom is 0.238 e. The van der Waals surface area contributed by atoms with Crippen LogP contribution < -0.4 is 20.3 Å². The lowest BCUT2D eigenvalue weighted by atomic mass is 9.98. The number of hydrazone groups is 2. The van der Waals surface area contributed by atoms with Gasteiger partial charge in [0.25, 0.3) is 0 Å². The number of nitrogens with zero attached hydrogens (tertiary/aromatic N) is 4. The highest BCUT2D eigenvalue weighted by Crippen LogP contribution is 2.39. The number of rotatable bonds is 8. The van der Waals surface area contributed by atoms with Gasteiger partial charge < -0.3 is 0 Å². The molecule has 0 saturated heterocycles. The van der Waals surface area contributed by atoms with Gasteiger partial charge in [0.1, 0.15) is 5.82 Å². The summed E-state index contributed by atoms with van der Waals surface area (Å²) in [7, 11) is -7.51. The number of primary sulfonamides is 2. The standard InChI is InChI=1S/C21H18ClN3O2S.C21H18FN3O2S/c22-17-8-6-16(7-9-17)21-14-20(15-4-2-1-3-5-15)24-25(21)18-10-12-19(13-11-18)28(23,26)27;22-17-8-4-7-16(13-17)21-14-20(15-5-2-1-3-6-15)24-25(21)18-9-11-19(12-10-18)28(23,26)27/h2*1-13,21H,14H2,(H2,23,26,27). The predicted octanol–water partition coefficient (Wildman–Crippen LogP) is 8.17. The fourth-order valence-electron chi connectivity index (χ4n) is 6.60. The van der Waals surface area contributed by atoms with Gasteiger partial charge in [-0.15, -0.1) is 0 Å². The van der Waals surface area contributed by atoms with E-state index < -0.39 is 20.0 Å². The minimum atomic E-state index is -3.77. The predicted molar refractivity (Wildman–Crippen MR) is 219 cm³/mol. The average Bonchev–Trinajstić information content (AvgIpc) is 3.85. The number of halogens is 2. The lowest BCUT2D eigenvalue weighted by molar-refractivity contribution is 0.596. The van der Waals surface area contributed by atoms with Crippen LogP contribution in [-0.2, 0) is 20.0 Å². The molecule has 0 amide bonds. The molecule has 14 heteroatoms. The van der Waals surface area contributed by atoms with Crippen LogP contribution in [0, 0.1) is 5.82 Å². The van der Waals surface area contributed by atoms with Gasteiger partial charge in [-0.3, -0.25) is 10.0 Å². The summed E-state index contributed by atoms with van der Waals surface area (Å²) in [6, 6.07) is 46.4. The Labute approximate surface area is 330 Å². The first kappa shape index (κ1) is 38.6. The van der Waals surface area contributed by atoms with Crippen LogP contribution in [0.3, 0.4) is 0 Å². The Morgan fingerprint density at radius 3 is 1.38 bits per heavy atom. The van der Waals surface area contributed by atoms with E-state index in [1.807, 2.05) is 96.0 Å². The fourth-order valence-corrected chi connectivity index (χ4v) is 7.76. The molecule has 0 radical (unpaired) electrons. The summed E-state index contributed by atoms with van der Waals surface area (Å²) in [5.41, 5.74) is 7.27. The molecule has 0 fully saturated rings. The third-order valence-electron chi connectivity index (χ3n) is 9.38. The Morgan fingerprint density at radius 2 is 0.964 bits per heavy atom. The third-order valence-corrected chi connectivity index (χ3v) is 11.5. The zero-order chi connectivity index (χ0) is 39.5. The first-order valence-electron chi connectivity index (χ1n) is 17.4. The fraction of sp³-hybridized carbons (Fsp3) is 0.0952. The van der Waals surface area contributed by atoms with E-state index in [1.165, 1.54) is 36.4 Å². The van der Waals surface area contributed by atoms with Gasteiger partial charge >= 0.3 is 0 Å². The number of benzene rings is 6. The highest BCUT2D eigenvalue weighted by Gasteiger charge is 2.31. The zero-order valence-corrected chi connectivity index (χ0v) is 32.1. The topological polar surface area (TPSA) is 152 Å². The van der Waals surface area contributed by atoms with Gasteiger partial charge in [-0.2, -0.15) is 10.2 Å². The zero-order valence-electron chi connectivity index (χ0n) is 29.7. The summed E-state index contributed by atoms with van der Waals surface area (Å²) < 4.78 is 59.9. The van der Waals surface area contributed by atoms with Gasteiger partial charge in [0.05, 0.1) is 44.7 Å². The molecule has 0 bridgehead atoms. The Hall–Kier alpha value is -5.70. The number of nitrogens with two attached hydrogens (primary N) is 2. The van der Waals surface area contributed by atoms with E-state index in [9.17, 15) is 21.2 Å². The van der Waals surface area contributed by atoms with E-state index >= 15 is 0 Å². The molecule has 2 aliphatic rings. The molecule has 2 atom stereocenters. The van der Waals surface area contributed by atoms with Crippen LogP contribution in [0.2, 0.25) is 5.02 Å². The molecule has 4 N–H and O–H groups in total. The molecular formula is C42H36ClFN6O4S2. The SMILES string of the molecule is NS(=O)(=O)c1ccc(N2N=C(c3ccccc3)CC2c2ccc(Cl)cc2)cc1.NS(=O)(=O)c1ccc(N2N=C(c3ccccc3)CC2c2cccc(F)c2)cc1. The van der Waals surface area contributed by atoms with Crippen molar-refractivity contribution in [1.82, 2.24) is 0 Å². The van der Waals surface area contributed by atoms with Crippen molar-refractivity contribution in [3.63, 3.8) is 0 Å². The largest absolute Gasteiger partial charge is 0.257 e. The second kappa shape index (κ2) is 16.2. The molecule has 0 aromatic heterocycles.